The summed E-state index contributed by atoms with van der Waals surface area (Å²) >= 11 is 5.58. The van der Waals surface area contributed by atoms with Gasteiger partial charge in [-0.1, -0.05) is 11.6 Å². The summed E-state index contributed by atoms with van der Waals surface area (Å²) in [5.74, 6) is 0. The Morgan fingerprint density at radius 2 is 2.22 bits per heavy atom. The lowest BCUT2D eigenvalue weighted by molar-refractivity contribution is -0.384. The Balaban J connectivity index is 2.25. The van der Waals surface area contributed by atoms with Crippen molar-refractivity contribution in [1.29, 1.82) is 0 Å². The maximum absolute atomic E-state index is 11.7. The van der Waals surface area contributed by atoms with Crippen LogP contribution >= 0.6 is 11.6 Å². The van der Waals surface area contributed by atoms with Crippen LogP contribution in [0.4, 0.5) is 5.69 Å². The molecule has 1 aromatic rings. The Labute approximate surface area is 108 Å². The molecule has 2 rings (SSSR count). The molecule has 1 atom stereocenters. The van der Waals surface area contributed by atoms with Gasteiger partial charge in [-0.15, -0.1) is 0 Å². The van der Waals surface area contributed by atoms with Crippen LogP contribution in [-0.4, -0.2) is 32.7 Å². The molecule has 0 spiro atoms. The molecule has 0 bridgehead atoms. The van der Waals surface area contributed by atoms with Crippen molar-refractivity contribution in [2.75, 3.05) is 13.2 Å². The number of nitrogens with zero attached hydrogens (tertiary/aromatic N) is 1. The lowest BCUT2D eigenvalue weighted by Gasteiger charge is -2.04. The second kappa shape index (κ2) is 4.81. The highest BCUT2D eigenvalue weighted by Gasteiger charge is 2.27. The summed E-state index contributed by atoms with van der Waals surface area (Å²) in [7, 11) is -4.03. The van der Waals surface area contributed by atoms with Gasteiger partial charge < -0.3 is 4.74 Å². The number of halogens is 1. The summed E-state index contributed by atoms with van der Waals surface area (Å²) in [6.45, 7) is 0.356. The molecule has 1 aromatic carbocycles. The van der Waals surface area contributed by atoms with Crippen LogP contribution in [0.15, 0.2) is 23.1 Å². The van der Waals surface area contributed by atoms with E-state index in [1.807, 2.05) is 0 Å². The number of benzene rings is 1. The fourth-order valence-corrected chi connectivity index (χ4v) is 2.33. The zero-order valence-corrected chi connectivity index (χ0v) is 10.5. The zero-order chi connectivity index (χ0) is 13.3. The van der Waals surface area contributed by atoms with Gasteiger partial charge in [-0.25, -0.2) is 0 Å². The molecule has 0 saturated carbocycles. The molecule has 1 heterocycles. The standard InChI is InChI=1S/C9H8ClNO6S/c10-8-2-1-7(3-9(8)11(12)13)18(14,15)17-5-6-4-16-6/h1-3,6H,4-5H2. The van der Waals surface area contributed by atoms with E-state index in [2.05, 4.69) is 0 Å². The molecule has 1 saturated heterocycles. The van der Waals surface area contributed by atoms with Gasteiger partial charge in [0.05, 0.1) is 18.1 Å². The van der Waals surface area contributed by atoms with Crippen molar-refractivity contribution in [3.63, 3.8) is 0 Å². The van der Waals surface area contributed by atoms with E-state index in [-0.39, 0.29) is 22.6 Å². The molecule has 1 fully saturated rings. The van der Waals surface area contributed by atoms with Crippen molar-refractivity contribution >= 4 is 27.4 Å². The van der Waals surface area contributed by atoms with Crippen molar-refractivity contribution in [2.45, 2.75) is 11.0 Å². The van der Waals surface area contributed by atoms with E-state index in [9.17, 15) is 18.5 Å². The second-order valence-electron chi connectivity index (χ2n) is 3.56. The predicted octanol–water partition coefficient (Wildman–Crippen LogP) is 1.35. The van der Waals surface area contributed by atoms with Crippen LogP contribution in [0.25, 0.3) is 0 Å². The van der Waals surface area contributed by atoms with E-state index in [0.29, 0.717) is 6.61 Å². The number of ether oxygens (including phenoxy) is 1. The zero-order valence-electron chi connectivity index (χ0n) is 8.91. The number of hydrogen-bond donors (Lipinski definition) is 0. The summed E-state index contributed by atoms with van der Waals surface area (Å²) in [6, 6.07) is 3.16. The minimum Gasteiger partial charge on any atom is -0.371 e. The van der Waals surface area contributed by atoms with Gasteiger partial charge in [-0.05, 0) is 12.1 Å². The molecule has 0 aromatic heterocycles. The van der Waals surface area contributed by atoms with E-state index < -0.39 is 20.7 Å². The molecule has 7 nitrogen and oxygen atoms in total. The first-order valence-electron chi connectivity index (χ1n) is 4.85. The first-order chi connectivity index (χ1) is 8.40. The predicted molar refractivity (Wildman–Crippen MR) is 61.0 cm³/mol. The fourth-order valence-electron chi connectivity index (χ4n) is 1.19. The summed E-state index contributed by atoms with van der Waals surface area (Å²) in [5.41, 5.74) is -0.482. The van der Waals surface area contributed by atoms with Crippen molar-refractivity contribution in [1.82, 2.24) is 0 Å². The van der Waals surface area contributed by atoms with Crippen molar-refractivity contribution in [2.24, 2.45) is 0 Å². The lowest BCUT2D eigenvalue weighted by atomic mass is 10.3. The normalized spacial score (nSPS) is 18.6. The average molecular weight is 294 g/mol. The van der Waals surface area contributed by atoms with E-state index in [1.54, 1.807) is 0 Å². The molecule has 1 aliphatic rings. The Morgan fingerprint density at radius 3 is 2.78 bits per heavy atom. The molecule has 18 heavy (non-hydrogen) atoms. The van der Waals surface area contributed by atoms with Crippen LogP contribution in [0.3, 0.4) is 0 Å². The molecule has 0 aliphatic carbocycles. The molecular formula is C9H8ClNO6S. The van der Waals surface area contributed by atoms with Gasteiger partial charge in [0.1, 0.15) is 16.0 Å². The first kappa shape index (κ1) is 13.2. The topological polar surface area (TPSA) is 99.0 Å². The molecule has 9 heteroatoms. The van der Waals surface area contributed by atoms with Gasteiger partial charge in [0.25, 0.3) is 15.8 Å². The number of rotatable bonds is 5. The van der Waals surface area contributed by atoms with Crippen LogP contribution in [0.1, 0.15) is 0 Å². The minimum atomic E-state index is -4.03. The summed E-state index contributed by atoms with van der Waals surface area (Å²) < 4.78 is 32.9. The number of nitro benzene ring substituents is 1. The van der Waals surface area contributed by atoms with E-state index in [1.165, 1.54) is 0 Å². The average Bonchev–Trinajstić information content (AvgIpc) is 3.10. The Hall–Kier alpha value is -1.22. The van der Waals surface area contributed by atoms with Gasteiger partial charge in [-0.3, -0.25) is 14.3 Å². The van der Waals surface area contributed by atoms with E-state index in [4.69, 9.17) is 20.5 Å². The highest BCUT2D eigenvalue weighted by atomic mass is 35.5. The van der Waals surface area contributed by atoms with E-state index in [0.717, 1.165) is 18.2 Å². The third-order valence-corrected chi connectivity index (χ3v) is 3.81. The minimum absolute atomic E-state index is 0.0985. The second-order valence-corrected chi connectivity index (χ2v) is 5.59. The van der Waals surface area contributed by atoms with Crippen LogP contribution in [0, 0.1) is 10.1 Å². The van der Waals surface area contributed by atoms with Gasteiger partial charge in [0, 0.05) is 6.07 Å². The maximum Gasteiger partial charge on any atom is 0.297 e. The van der Waals surface area contributed by atoms with Crippen LogP contribution in [0.5, 0.6) is 0 Å². The number of epoxide rings is 1. The monoisotopic (exact) mass is 293 g/mol. The van der Waals surface area contributed by atoms with Gasteiger partial charge in [0.15, 0.2) is 0 Å². The fraction of sp³-hybridized carbons (Fsp3) is 0.333. The summed E-state index contributed by atoms with van der Waals surface area (Å²) in [4.78, 5) is 9.58. The highest BCUT2D eigenvalue weighted by Crippen LogP contribution is 2.28. The van der Waals surface area contributed by atoms with E-state index >= 15 is 0 Å². The molecule has 0 N–H and O–H groups in total. The molecule has 1 unspecified atom stereocenters. The number of hydrogen-bond acceptors (Lipinski definition) is 6. The third-order valence-electron chi connectivity index (χ3n) is 2.21. The third kappa shape index (κ3) is 2.96. The Kier molecular flexibility index (Phi) is 3.53. The first-order valence-corrected chi connectivity index (χ1v) is 6.64. The molecular weight excluding hydrogens is 286 g/mol. The smallest absolute Gasteiger partial charge is 0.297 e. The van der Waals surface area contributed by atoms with Crippen LogP contribution < -0.4 is 0 Å². The van der Waals surface area contributed by atoms with Gasteiger partial charge in [0.2, 0.25) is 0 Å². The maximum atomic E-state index is 11.7. The van der Waals surface area contributed by atoms with Crippen molar-refractivity contribution < 1.29 is 22.3 Å². The lowest BCUT2D eigenvalue weighted by Crippen LogP contribution is -2.11. The van der Waals surface area contributed by atoms with Crippen molar-refractivity contribution in [3.05, 3.63) is 33.3 Å². The number of nitro groups is 1. The summed E-state index contributed by atoms with van der Waals surface area (Å²) in [5, 5.41) is 10.5. The van der Waals surface area contributed by atoms with Crippen LogP contribution in [0.2, 0.25) is 5.02 Å². The van der Waals surface area contributed by atoms with Crippen LogP contribution in [-0.2, 0) is 19.0 Å². The Bertz CT molecular complexity index is 583. The van der Waals surface area contributed by atoms with Gasteiger partial charge >= 0.3 is 0 Å². The largest absolute Gasteiger partial charge is 0.371 e. The highest BCUT2D eigenvalue weighted by molar-refractivity contribution is 7.86. The Morgan fingerprint density at radius 1 is 1.56 bits per heavy atom. The molecule has 98 valence electrons. The van der Waals surface area contributed by atoms with Gasteiger partial charge in [-0.2, -0.15) is 8.42 Å². The molecule has 0 radical (unpaired) electrons. The van der Waals surface area contributed by atoms with Crippen molar-refractivity contribution in [3.8, 4) is 0 Å². The summed E-state index contributed by atoms with van der Waals surface area (Å²) in [6.07, 6.45) is -0.220. The molecule has 0 amide bonds. The quantitative estimate of drug-likeness (QED) is 0.352. The molecule has 1 aliphatic heterocycles. The SMILES string of the molecule is O=[N+]([O-])c1cc(S(=O)(=O)OCC2CO2)ccc1Cl.